The van der Waals surface area contributed by atoms with Crippen molar-refractivity contribution in [2.45, 2.75) is 51.7 Å². The number of ether oxygens (including phenoxy) is 4. The Morgan fingerprint density at radius 3 is 1.89 bits per heavy atom. The lowest BCUT2D eigenvalue weighted by Crippen LogP contribution is -2.33. The molecule has 2 aliphatic heterocycles. The summed E-state index contributed by atoms with van der Waals surface area (Å²) < 4.78 is 22.1. The molecule has 0 aromatic carbocycles. The maximum absolute atomic E-state index is 5.85. The Hall–Kier alpha value is -0.160. The van der Waals surface area contributed by atoms with Crippen LogP contribution in [0.2, 0.25) is 0 Å². The quantitative estimate of drug-likeness (QED) is 0.512. The first-order chi connectivity index (χ1) is 9.28. The zero-order valence-corrected chi connectivity index (χ0v) is 12.4. The predicted octanol–water partition coefficient (Wildman–Crippen LogP) is 2.40. The molecule has 2 fully saturated rings. The molecule has 2 saturated heterocycles. The van der Waals surface area contributed by atoms with Crippen LogP contribution in [0.15, 0.2) is 0 Å². The van der Waals surface area contributed by atoms with E-state index in [4.69, 9.17) is 18.9 Å². The summed E-state index contributed by atoms with van der Waals surface area (Å²) in [6.45, 7) is 9.25. The maximum Gasteiger partial charge on any atom is 0.104 e. The van der Waals surface area contributed by atoms with Crippen molar-refractivity contribution < 1.29 is 18.9 Å². The molecule has 4 nitrogen and oxygen atoms in total. The summed E-state index contributed by atoms with van der Waals surface area (Å²) in [5.41, 5.74) is 0.166. The van der Waals surface area contributed by atoms with Crippen molar-refractivity contribution in [3.8, 4) is 0 Å². The van der Waals surface area contributed by atoms with E-state index in [1.807, 2.05) is 0 Å². The van der Waals surface area contributed by atoms with Gasteiger partial charge in [-0.25, -0.2) is 0 Å². The van der Waals surface area contributed by atoms with Crippen molar-refractivity contribution in [1.82, 2.24) is 0 Å². The smallest absolute Gasteiger partial charge is 0.104 e. The Bertz CT molecular complexity index is 231. The van der Waals surface area contributed by atoms with Crippen molar-refractivity contribution in [3.63, 3.8) is 0 Å². The van der Waals surface area contributed by atoms with Crippen molar-refractivity contribution in [2.24, 2.45) is 5.41 Å². The standard InChI is InChI=1S/C15H28O4/c1-3-5-6-15(4-2,11-16-7-13-9-18-13)12-17-8-14-10-19-14/h13-14H,3-12H2,1-2H3. The Kier molecular flexibility index (Phi) is 6.07. The van der Waals surface area contributed by atoms with Crippen LogP contribution in [0.3, 0.4) is 0 Å². The van der Waals surface area contributed by atoms with E-state index in [1.54, 1.807) is 0 Å². The third kappa shape index (κ3) is 5.78. The van der Waals surface area contributed by atoms with Gasteiger partial charge in [0.25, 0.3) is 0 Å². The number of hydrogen-bond acceptors (Lipinski definition) is 4. The van der Waals surface area contributed by atoms with E-state index in [1.165, 1.54) is 19.3 Å². The summed E-state index contributed by atoms with van der Waals surface area (Å²) in [4.78, 5) is 0. The van der Waals surface area contributed by atoms with E-state index in [2.05, 4.69) is 13.8 Å². The molecule has 2 heterocycles. The molecule has 0 N–H and O–H groups in total. The largest absolute Gasteiger partial charge is 0.378 e. The second kappa shape index (κ2) is 7.58. The van der Waals surface area contributed by atoms with E-state index in [0.29, 0.717) is 12.2 Å². The van der Waals surface area contributed by atoms with Crippen molar-refractivity contribution in [3.05, 3.63) is 0 Å². The highest BCUT2D eigenvalue weighted by Gasteiger charge is 2.32. The van der Waals surface area contributed by atoms with Crippen LogP contribution in [0.1, 0.15) is 39.5 Å². The lowest BCUT2D eigenvalue weighted by atomic mass is 9.81. The van der Waals surface area contributed by atoms with E-state index < -0.39 is 0 Å². The van der Waals surface area contributed by atoms with Gasteiger partial charge in [0, 0.05) is 5.41 Å². The highest BCUT2D eigenvalue weighted by Crippen LogP contribution is 2.30. The molecule has 0 aromatic rings. The first-order valence-corrected chi connectivity index (χ1v) is 7.66. The molecule has 19 heavy (non-hydrogen) atoms. The SMILES string of the molecule is CCCCC(CC)(COCC1CO1)COCC1CO1. The molecule has 0 radical (unpaired) electrons. The first-order valence-electron chi connectivity index (χ1n) is 7.66. The molecule has 112 valence electrons. The van der Waals surface area contributed by atoms with Gasteiger partial charge in [0.2, 0.25) is 0 Å². The summed E-state index contributed by atoms with van der Waals surface area (Å²) in [7, 11) is 0. The molecule has 2 rings (SSSR count). The third-order valence-electron chi connectivity index (χ3n) is 4.04. The number of hydrogen-bond donors (Lipinski definition) is 0. The molecule has 2 aliphatic rings. The van der Waals surface area contributed by atoms with Crippen LogP contribution < -0.4 is 0 Å². The third-order valence-corrected chi connectivity index (χ3v) is 4.04. The average molecular weight is 272 g/mol. The number of epoxide rings is 2. The zero-order chi connectivity index (χ0) is 13.6. The van der Waals surface area contributed by atoms with Gasteiger partial charge in [-0.3, -0.25) is 0 Å². The van der Waals surface area contributed by atoms with E-state index in [9.17, 15) is 0 Å². The molecular formula is C15H28O4. The van der Waals surface area contributed by atoms with Gasteiger partial charge < -0.3 is 18.9 Å². The average Bonchev–Trinajstić information content (AvgIpc) is 3.29. The second-order valence-electron chi connectivity index (χ2n) is 5.90. The van der Waals surface area contributed by atoms with Gasteiger partial charge in [0.1, 0.15) is 12.2 Å². The zero-order valence-electron chi connectivity index (χ0n) is 12.4. The molecule has 0 aromatic heterocycles. The minimum absolute atomic E-state index is 0.166. The molecule has 0 spiro atoms. The van der Waals surface area contributed by atoms with Crippen LogP contribution in [0.4, 0.5) is 0 Å². The normalized spacial score (nSPS) is 28.1. The van der Waals surface area contributed by atoms with E-state index in [0.717, 1.165) is 46.1 Å². The van der Waals surface area contributed by atoms with Crippen LogP contribution in [0.25, 0.3) is 0 Å². The Balaban J connectivity index is 1.72. The predicted molar refractivity (Wildman–Crippen MR) is 73.4 cm³/mol. The lowest BCUT2D eigenvalue weighted by molar-refractivity contribution is -0.0362. The fraction of sp³-hybridized carbons (Fsp3) is 1.00. The fourth-order valence-corrected chi connectivity index (χ4v) is 2.26. The second-order valence-corrected chi connectivity index (χ2v) is 5.90. The summed E-state index contributed by atoms with van der Waals surface area (Å²) in [6, 6.07) is 0. The van der Waals surface area contributed by atoms with Crippen molar-refractivity contribution in [1.29, 1.82) is 0 Å². The Morgan fingerprint density at radius 1 is 1.00 bits per heavy atom. The van der Waals surface area contributed by atoms with Gasteiger partial charge in [-0.1, -0.05) is 26.7 Å². The van der Waals surface area contributed by atoms with Crippen LogP contribution >= 0.6 is 0 Å². The first kappa shape index (κ1) is 15.2. The monoisotopic (exact) mass is 272 g/mol. The van der Waals surface area contributed by atoms with Gasteiger partial charge in [0.05, 0.1) is 39.6 Å². The highest BCUT2D eigenvalue weighted by molar-refractivity contribution is 4.79. The summed E-state index contributed by atoms with van der Waals surface area (Å²) in [5.74, 6) is 0. The number of unbranched alkanes of at least 4 members (excludes halogenated alkanes) is 1. The Morgan fingerprint density at radius 2 is 1.53 bits per heavy atom. The van der Waals surface area contributed by atoms with E-state index in [-0.39, 0.29) is 5.41 Å². The summed E-state index contributed by atoms with van der Waals surface area (Å²) in [6.07, 6.45) is 5.43. The number of rotatable bonds is 12. The highest BCUT2D eigenvalue weighted by atomic mass is 16.6. The minimum Gasteiger partial charge on any atom is -0.378 e. The molecule has 0 bridgehead atoms. The van der Waals surface area contributed by atoms with Gasteiger partial charge in [-0.05, 0) is 12.8 Å². The van der Waals surface area contributed by atoms with Gasteiger partial charge in [0.15, 0.2) is 0 Å². The van der Waals surface area contributed by atoms with Crippen molar-refractivity contribution >= 4 is 0 Å². The summed E-state index contributed by atoms with van der Waals surface area (Å²) >= 11 is 0. The Labute approximate surface area is 116 Å². The molecule has 4 heteroatoms. The summed E-state index contributed by atoms with van der Waals surface area (Å²) in [5, 5.41) is 0. The molecule has 2 atom stereocenters. The van der Waals surface area contributed by atoms with Crippen LogP contribution in [-0.2, 0) is 18.9 Å². The van der Waals surface area contributed by atoms with Crippen molar-refractivity contribution in [2.75, 3.05) is 39.6 Å². The van der Waals surface area contributed by atoms with E-state index >= 15 is 0 Å². The van der Waals surface area contributed by atoms with Crippen LogP contribution in [-0.4, -0.2) is 51.8 Å². The molecule has 0 amide bonds. The van der Waals surface area contributed by atoms with Crippen LogP contribution in [0.5, 0.6) is 0 Å². The molecular weight excluding hydrogens is 244 g/mol. The lowest BCUT2D eigenvalue weighted by Gasteiger charge is -2.32. The minimum atomic E-state index is 0.166. The molecule has 0 aliphatic carbocycles. The van der Waals surface area contributed by atoms with Gasteiger partial charge >= 0.3 is 0 Å². The maximum atomic E-state index is 5.85. The molecule has 2 unspecified atom stereocenters. The van der Waals surface area contributed by atoms with Gasteiger partial charge in [-0.15, -0.1) is 0 Å². The fourth-order valence-electron chi connectivity index (χ4n) is 2.26. The van der Waals surface area contributed by atoms with Gasteiger partial charge in [-0.2, -0.15) is 0 Å². The molecule has 0 saturated carbocycles. The van der Waals surface area contributed by atoms with Crippen LogP contribution in [0, 0.1) is 5.41 Å². The topological polar surface area (TPSA) is 43.5 Å².